The first-order valence-corrected chi connectivity index (χ1v) is 16.1. The summed E-state index contributed by atoms with van der Waals surface area (Å²) in [5.74, 6) is 0.772. The van der Waals surface area contributed by atoms with Crippen molar-refractivity contribution in [3.8, 4) is 17.0 Å². The van der Waals surface area contributed by atoms with Gasteiger partial charge in [0.2, 0.25) is 0 Å². The summed E-state index contributed by atoms with van der Waals surface area (Å²) in [6.45, 7) is 8.67. The summed E-state index contributed by atoms with van der Waals surface area (Å²) in [6, 6.07) is 8.76. The number of ether oxygens (including phenoxy) is 2. The highest BCUT2D eigenvalue weighted by atomic mass is 35.5. The van der Waals surface area contributed by atoms with Crippen molar-refractivity contribution >= 4 is 55.9 Å². The number of carbonyl (C=O) groups is 1. The van der Waals surface area contributed by atoms with E-state index in [4.69, 9.17) is 42.2 Å². The highest BCUT2D eigenvalue weighted by Gasteiger charge is 2.54. The summed E-state index contributed by atoms with van der Waals surface area (Å²) in [6.07, 6.45) is 2.07. The molecule has 12 heteroatoms. The molecular weight excluding hydrogens is 611 g/mol. The summed E-state index contributed by atoms with van der Waals surface area (Å²) < 4.78 is 19.0. The predicted molar refractivity (Wildman–Crippen MR) is 167 cm³/mol. The fourth-order valence-electron chi connectivity index (χ4n) is 6.30. The number of aromatic carboxylic acids is 1. The van der Waals surface area contributed by atoms with E-state index < -0.39 is 5.97 Å². The Morgan fingerprint density at radius 2 is 2.05 bits per heavy atom. The Kier molecular flexibility index (Phi) is 7.33. The highest BCUT2D eigenvalue weighted by Crippen LogP contribution is 2.48. The van der Waals surface area contributed by atoms with E-state index in [2.05, 4.69) is 22.3 Å². The normalized spacial score (nSPS) is 23.4. The number of carboxylic acids is 1. The van der Waals surface area contributed by atoms with Crippen molar-refractivity contribution in [1.29, 1.82) is 0 Å². The van der Waals surface area contributed by atoms with E-state index >= 15 is 0 Å². The number of rotatable bonds is 9. The van der Waals surface area contributed by atoms with E-state index in [9.17, 15) is 9.90 Å². The molecule has 0 amide bonds. The number of hydrogen-bond acceptors (Lipinski definition) is 9. The number of benzene rings is 2. The van der Waals surface area contributed by atoms with Gasteiger partial charge < -0.3 is 29.3 Å². The van der Waals surface area contributed by atoms with Gasteiger partial charge in [0.05, 0.1) is 39.1 Å². The largest absolute Gasteiger partial charge is 0.489 e. The zero-order valence-corrected chi connectivity index (χ0v) is 26.4. The molecule has 0 unspecified atom stereocenters. The highest BCUT2D eigenvalue weighted by molar-refractivity contribution is 7.22. The minimum absolute atomic E-state index is 0.0147. The molecule has 0 radical (unpaired) electrons. The van der Waals surface area contributed by atoms with Gasteiger partial charge in [0, 0.05) is 48.1 Å². The second-order valence-corrected chi connectivity index (χ2v) is 14.0. The van der Waals surface area contributed by atoms with Gasteiger partial charge in [-0.3, -0.25) is 0 Å². The van der Waals surface area contributed by atoms with Crippen LogP contribution in [0.5, 0.6) is 5.75 Å². The smallest absolute Gasteiger partial charge is 0.335 e. The molecule has 9 nitrogen and oxygen atoms in total. The Morgan fingerprint density at radius 1 is 1.28 bits per heavy atom. The summed E-state index contributed by atoms with van der Waals surface area (Å²) in [5.41, 5.74) is 3.07. The maximum absolute atomic E-state index is 11.8. The molecule has 7 rings (SSSR count). The molecule has 2 aromatic carbocycles. The van der Waals surface area contributed by atoms with Gasteiger partial charge in [-0.05, 0) is 51.0 Å². The van der Waals surface area contributed by atoms with Crippen LogP contribution >= 0.6 is 34.5 Å². The second kappa shape index (κ2) is 10.9. The van der Waals surface area contributed by atoms with Crippen LogP contribution in [-0.4, -0.2) is 59.2 Å². The van der Waals surface area contributed by atoms with Gasteiger partial charge in [0.15, 0.2) is 5.13 Å². The number of nitrogens with one attached hydrogen (secondary N) is 1. The second-order valence-electron chi connectivity index (χ2n) is 12.2. The van der Waals surface area contributed by atoms with Crippen LogP contribution < -0.4 is 15.0 Å². The van der Waals surface area contributed by atoms with Crippen molar-refractivity contribution in [2.75, 3.05) is 24.6 Å². The number of hydrogen-bond donors (Lipinski definition) is 2. The molecule has 3 atom stereocenters. The molecule has 43 heavy (non-hydrogen) atoms. The number of thiazole rings is 1. The lowest BCUT2D eigenvalue weighted by atomic mass is 9.81. The third-order valence-electron chi connectivity index (χ3n) is 8.73. The van der Waals surface area contributed by atoms with E-state index in [1.165, 1.54) is 11.3 Å². The van der Waals surface area contributed by atoms with Crippen molar-refractivity contribution in [1.82, 2.24) is 15.5 Å². The van der Waals surface area contributed by atoms with E-state index in [-0.39, 0.29) is 29.2 Å². The predicted octanol–water partition coefficient (Wildman–Crippen LogP) is 7.00. The van der Waals surface area contributed by atoms with Crippen LogP contribution in [0.1, 0.15) is 61.2 Å². The number of anilines is 1. The van der Waals surface area contributed by atoms with E-state index in [0.717, 1.165) is 40.5 Å². The minimum Gasteiger partial charge on any atom is -0.489 e. The van der Waals surface area contributed by atoms with Crippen LogP contribution in [0.15, 0.2) is 34.9 Å². The first kappa shape index (κ1) is 28.9. The summed E-state index contributed by atoms with van der Waals surface area (Å²) >= 11 is 14.6. The Labute approximate surface area is 263 Å². The molecule has 1 aliphatic carbocycles. The Hall–Kier alpha value is -2.89. The summed E-state index contributed by atoms with van der Waals surface area (Å²) in [5, 5.41) is 19.8. The number of halogens is 2. The number of nitrogens with zero attached hydrogens (tertiary/aromatic N) is 3. The molecule has 4 heterocycles. The summed E-state index contributed by atoms with van der Waals surface area (Å²) in [4.78, 5) is 18.9. The van der Waals surface area contributed by atoms with Gasteiger partial charge in [-0.1, -0.05) is 52.7 Å². The number of aromatic nitrogens is 2. The van der Waals surface area contributed by atoms with Crippen LogP contribution in [0.3, 0.4) is 0 Å². The van der Waals surface area contributed by atoms with Crippen molar-refractivity contribution in [3.05, 3.63) is 57.3 Å². The molecule has 3 fully saturated rings. The number of carboxylic acid groups (broad SMARTS) is 1. The first-order valence-electron chi connectivity index (χ1n) is 14.5. The fourth-order valence-corrected chi connectivity index (χ4v) is 7.91. The average Bonchev–Trinajstić information content (AvgIpc) is 3.27. The van der Waals surface area contributed by atoms with Gasteiger partial charge in [0.1, 0.15) is 22.7 Å². The van der Waals surface area contributed by atoms with Gasteiger partial charge in [-0.15, -0.1) is 0 Å². The lowest BCUT2D eigenvalue weighted by molar-refractivity contribution is 0.0696. The maximum atomic E-state index is 11.8. The topological polar surface area (TPSA) is 110 Å². The van der Waals surface area contributed by atoms with Gasteiger partial charge in [0.25, 0.3) is 0 Å². The Morgan fingerprint density at radius 3 is 2.74 bits per heavy atom. The van der Waals surface area contributed by atoms with Crippen molar-refractivity contribution in [3.63, 3.8) is 0 Å². The first-order chi connectivity index (χ1) is 20.6. The van der Waals surface area contributed by atoms with E-state index in [1.54, 1.807) is 12.1 Å². The van der Waals surface area contributed by atoms with Crippen LogP contribution in [0.4, 0.5) is 5.13 Å². The molecule has 2 aliphatic heterocycles. The van der Waals surface area contributed by atoms with Crippen molar-refractivity contribution < 1.29 is 23.9 Å². The lowest BCUT2D eigenvalue weighted by Crippen LogP contribution is -2.46. The molecule has 2 saturated heterocycles. The lowest BCUT2D eigenvalue weighted by Gasteiger charge is -2.30. The molecule has 2 aromatic heterocycles. The Bertz CT molecular complexity index is 1700. The third kappa shape index (κ3) is 5.17. The molecular formula is C31H32Cl2N4O5S. The van der Waals surface area contributed by atoms with Crippen LogP contribution in [0.25, 0.3) is 21.5 Å². The SMILES string of the molecule is CC(C)Oc1cc(C(=O)O)cc2sc(N3C[C@@H]4OC[C@@H](NCc5c(-c6c(Cl)cccc6Cl)noc5C5CC5)[C@]4(C)C3)nc12. The molecule has 0 spiro atoms. The van der Waals surface area contributed by atoms with Crippen LogP contribution in [0.2, 0.25) is 10.0 Å². The van der Waals surface area contributed by atoms with Crippen LogP contribution in [0, 0.1) is 5.41 Å². The maximum Gasteiger partial charge on any atom is 0.335 e. The molecule has 226 valence electrons. The monoisotopic (exact) mass is 642 g/mol. The van der Waals surface area contributed by atoms with Crippen molar-refractivity contribution in [2.24, 2.45) is 5.41 Å². The molecule has 4 aromatic rings. The zero-order chi connectivity index (χ0) is 30.0. The fraction of sp³-hybridized carbons (Fsp3) is 0.452. The third-order valence-corrected chi connectivity index (χ3v) is 10.4. The van der Waals surface area contributed by atoms with Gasteiger partial charge in [-0.2, -0.15) is 0 Å². The van der Waals surface area contributed by atoms with Crippen molar-refractivity contribution in [2.45, 2.75) is 64.3 Å². The number of fused-ring (bicyclic) bond motifs is 2. The molecule has 3 aliphatic rings. The quantitative estimate of drug-likeness (QED) is 0.199. The van der Waals surface area contributed by atoms with E-state index in [1.807, 2.05) is 32.0 Å². The van der Waals surface area contributed by atoms with Crippen LogP contribution in [-0.2, 0) is 11.3 Å². The minimum atomic E-state index is -0.992. The zero-order valence-electron chi connectivity index (χ0n) is 24.0. The standard InChI is InChI=1S/C31H32Cl2N4O5S/c1-15(2)41-21-9-17(29(38)39)10-22-27(21)35-30(43-22)37-12-24-31(3,14-37)23(13-40-24)34-11-18-26(36-42-28(18)16-7-8-16)25-19(32)5-4-6-20(25)33/h4-6,9-10,15-16,23-24,34H,7-8,11-14H2,1-3H3,(H,38,39)/t23-,24+,31+/m1/s1. The Balaban J connectivity index is 1.14. The summed E-state index contributed by atoms with van der Waals surface area (Å²) in [7, 11) is 0. The molecule has 0 bridgehead atoms. The average molecular weight is 644 g/mol. The van der Waals surface area contributed by atoms with Gasteiger partial charge >= 0.3 is 5.97 Å². The molecule has 2 N–H and O–H groups in total. The molecule has 1 saturated carbocycles. The van der Waals surface area contributed by atoms with Gasteiger partial charge in [-0.25, -0.2) is 9.78 Å². The van der Waals surface area contributed by atoms with E-state index in [0.29, 0.717) is 58.2 Å².